The number of amides is 1. The molecule has 1 heterocycles. The van der Waals surface area contributed by atoms with Crippen LogP contribution in [-0.4, -0.2) is 27.8 Å². The molecule has 25 heavy (non-hydrogen) atoms. The summed E-state index contributed by atoms with van der Waals surface area (Å²) in [7, 11) is 1.78. The van der Waals surface area contributed by atoms with Crippen molar-refractivity contribution in [3.63, 3.8) is 0 Å². The van der Waals surface area contributed by atoms with Gasteiger partial charge in [-0.05, 0) is 38.8 Å². The molecule has 0 fully saturated rings. The van der Waals surface area contributed by atoms with Gasteiger partial charge < -0.3 is 10.1 Å². The van der Waals surface area contributed by atoms with E-state index in [1.165, 1.54) is 13.0 Å². The number of carbonyl (C=O) groups is 2. The lowest BCUT2D eigenvalue weighted by molar-refractivity contribution is -0.153. The second-order valence-electron chi connectivity index (χ2n) is 5.88. The van der Waals surface area contributed by atoms with Crippen LogP contribution in [-0.2, 0) is 27.8 Å². The Hall–Kier alpha value is -2.70. The Morgan fingerprint density at radius 2 is 2.00 bits per heavy atom. The van der Waals surface area contributed by atoms with Crippen LogP contribution >= 0.6 is 0 Å². The number of hydrogen-bond acceptors (Lipinski definition) is 4. The quantitative estimate of drug-likeness (QED) is 0.816. The third-order valence-corrected chi connectivity index (χ3v) is 3.99. The van der Waals surface area contributed by atoms with Crippen molar-refractivity contribution in [3.05, 3.63) is 47.0 Å². The smallest absolute Gasteiger partial charge is 0.306 e. The molecule has 134 valence electrons. The molecule has 0 bridgehead atoms. The van der Waals surface area contributed by atoms with E-state index in [9.17, 15) is 14.0 Å². The Kier molecular flexibility index (Phi) is 5.90. The third-order valence-electron chi connectivity index (χ3n) is 3.99. The Labute approximate surface area is 146 Å². The monoisotopic (exact) mass is 347 g/mol. The number of aromatic nitrogens is 2. The highest BCUT2D eigenvalue weighted by molar-refractivity contribution is 5.96. The standard InChI is InChI=1S/C18H22FN3O3/c1-11-17(12(2)22(4)21-11)20-18(24)13(3)25-16(23)10-9-14-7-5-6-8-15(14)19/h5-8,13H,9-10H2,1-4H3,(H,20,24). The maximum atomic E-state index is 13.5. The van der Waals surface area contributed by atoms with Crippen molar-refractivity contribution in [1.29, 1.82) is 0 Å². The molecule has 1 amide bonds. The van der Waals surface area contributed by atoms with Crippen LogP contribution in [0, 0.1) is 19.7 Å². The summed E-state index contributed by atoms with van der Waals surface area (Å²) in [5.74, 6) is -1.34. The highest BCUT2D eigenvalue weighted by atomic mass is 19.1. The summed E-state index contributed by atoms with van der Waals surface area (Å²) >= 11 is 0. The van der Waals surface area contributed by atoms with Crippen LogP contribution in [0.15, 0.2) is 24.3 Å². The topological polar surface area (TPSA) is 73.2 Å². The van der Waals surface area contributed by atoms with E-state index < -0.39 is 18.0 Å². The van der Waals surface area contributed by atoms with Gasteiger partial charge >= 0.3 is 5.97 Å². The first-order valence-electron chi connectivity index (χ1n) is 8.03. The minimum atomic E-state index is -0.952. The predicted octanol–water partition coefficient (Wildman–Crippen LogP) is 2.68. The Balaban J connectivity index is 1.88. The van der Waals surface area contributed by atoms with Gasteiger partial charge in [-0.3, -0.25) is 14.3 Å². The number of anilines is 1. The fourth-order valence-electron chi connectivity index (χ4n) is 2.43. The van der Waals surface area contributed by atoms with E-state index >= 15 is 0 Å². The molecule has 0 spiro atoms. The molecule has 0 radical (unpaired) electrons. The van der Waals surface area contributed by atoms with Crippen molar-refractivity contribution in [3.8, 4) is 0 Å². The molecule has 0 saturated carbocycles. The van der Waals surface area contributed by atoms with Crippen LogP contribution in [0.4, 0.5) is 10.1 Å². The van der Waals surface area contributed by atoms with Crippen molar-refractivity contribution in [1.82, 2.24) is 9.78 Å². The van der Waals surface area contributed by atoms with E-state index in [-0.39, 0.29) is 18.7 Å². The van der Waals surface area contributed by atoms with Gasteiger partial charge in [0.2, 0.25) is 0 Å². The number of nitrogens with zero attached hydrogens (tertiary/aromatic N) is 2. The fourth-order valence-corrected chi connectivity index (χ4v) is 2.43. The first-order valence-corrected chi connectivity index (χ1v) is 8.03. The van der Waals surface area contributed by atoms with E-state index in [1.54, 1.807) is 36.9 Å². The number of esters is 1. The molecule has 2 rings (SSSR count). The van der Waals surface area contributed by atoms with Gasteiger partial charge in [0.15, 0.2) is 6.10 Å². The Morgan fingerprint density at radius 3 is 2.60 bits per heavy atom. The van der Waals surface area contributed by atoms with Gasteiger partial charge in [0.25, 0.3) is 5.91 Å². The van der Waals surface area contributed by atoms with Crippen LogP contribution in [0.1, 0.15) is 30.3 Å². The number of halogens is 1. The van der Waals surface area contributed by atoms with Gasteiger partial charge in [0.05, 0.1) is 17.1 Å². The van der Waals surface area contributed by atoms with E-state index in [0.717, 1.165) is 5.69 Å². The minimum absolute atomic E-state index is 0.00347. The second kappa shape index (κ2) is 7.92. The van der Waals surface area contributed by atoms with Gasteiger partial charge in [-0.25, -0.2) is 4.39 Å². The van der Waals surface area contributed by atoms with E-state index in [2.05, 4.69) is 10.4 Å². The molecular weight excluding hydrogens is 325 g/mol. The number of rotatable bonds is 6. The molecular formula is C18H22FN3O3. The third kappa shape index (κ3) is 4.65. The average molecular weight is 347 g/mol. The van der Waals surface area contributed by atoms with E-state index in [4.69, 9.17) is 4.74 Å². The second-order valence-corrected chi connectivity index (χ2v) is 5.88. The summed E-state index contributed by atoms with van der Waals surface area (Å²) in [6.07, 6.45) is -0.725. The lowest BCUT2D eigenvalue weighted by atomic mass is 10.1. The van der Waals surface area contributed by atoms with E-state index in [0.29, 0.717) is 16.9 Å². The normalized spacial score (nSPS) is 11.9. The van der Waals surface area contributed by atoms with Crippen LogP contribution in [0.25, 0.3) is 0 Å². The number of hydrogen-bond donors (Lipinski definition) is 1. The number of aryl methyl sites for hydroxylation is 3. The van der Waals surface area contributed by atoms with Gasteiger partial charge in [0, 0.05) is 13.5 Å². The Morgan fingerprint density at radius 1 is 1.32 bits per heavy atom. The van der Waals surface area contributed by atoms with Crippen molar-refractivity contribution in [2.24, 2.45) is 7.05 Å². The number of carbonyl (C=O) groups excluding carboxylic acids is 2. The lowest BCUT2D eigenvalue weighted by Crippen LogP contribution is -2.30. The van der Waals surface area contributed by atoms with Gasteiger partial charge in [0.1, 0.15) is 5.82 Å². The van der Waals surface area contributed by atoms with Gasteiger partial charge in [-0.15, -0.1) is 0 Å². The number of ether oxygens (including phenoxy) is 1. The Bertz CT molecular complexity index is 786. The molecule has 0 aliphatic rings. The summed E-state index contributed by atoms with van der Waals surface area (Å²) in [5, 5.41) is 6.94. The molecule has 0 aliphatic heterocycles. The maximum absolute atomic E-state index is 13.5. The fraction of sp³-hybridized carbons (Fsp3) is 0.389. The molecule has 1 unspecified atom stereocenters. The summed E-state index contributed by atoms with van der Waals surface area (Å²) < 4.78 is 20.3. The SMILES string of the molecule is Cc1nn(C)c(C)c1NC(=O)C(C)OC(=O)CCc1ccccc1F. The van der Waals surface area contributed by atoms with Crippen LogP contribution < -0.4 is 5.32 Å². The maximum Gasteiger partial charge on any atom is 0.306 e. The predicted molar refractivity (Wildman–Crippen MR) is 91.6 cm³/mol. The molecule has 2 aromatic rings. The average Bonchev–Trinajstić information content (AvgIpc) is 2.80. The highest BCUT2D eigenvalue weighted by Gasteiger charge is 2.21. The van der Waals surface area contributed by atoms with Gasteiger partial charge in [-0.1, -0.05) is 18.2 Å². The summed E-state index contributed by atoms with van der Waals surface area (Å²) in [6, 6.07) is 6.26. The van der Waals surface area contributed by atoms with Crippen LogP contribution in [0.5, 0.6) is 0 Å². The molecule has 7 heteroatoms. The van der Waals surface area contributed by atoms with Crippen molar-refractivity contribution < 1.29 is 18.7 Å². The first kappa shape index (κ1) is 18.6. The zero-order valence-corrected chi connectivity index (χ0v) is 14.8. The number of benzene rings is 1. The molecule has 1 atom stereocenters. The van der Waals surface area contributed by atoms with Crippen molar-refractivity contribution in [2.45, 2.75) is 39.7 Å². The van der Waals surface area contributed by atoms with Crippen LogP contribution in [0.2, 0.25) is 0 Å². The molecule has 1 aromatic carbocycles. The molecule has 6 nitrogen and oxygen atoms in total. The lowest BCUT2D eigenvalue weighted by Gasteiger charge is -2.14. The first-order chi connectivity index (χ1) is 11.8. The number of nitrogens with one attached hydrogen (secondary N) is 1. The van der Waals surface area contributed by atoms with Crippen LogP contribution in [0.3, 0.4) is 0 Å². The summed E-state index contributed by atoms with van der Waals surface area (Å²) in [4.78, 5) is 24.1. The summed E-state index contributed by atoms with van der Waals surface area (Å²) in [6.45, 7) is 5.12. The largest absolute Gasteiger partial charge is 0.453 e. The van der Waals surface area contributed by atoms with Crippen molar-refractivity contribution in [2.75, 3.05) is 5.32 Å². The van der Waals surface area contributed by atoms with E-state index in [1.807, 2.05) is 6.92 Å². The highest BCUT2D eigenvalue weighted by Crippen LogP contribution is 2.19. The van der Waals surface area contributed by atoms with Gasteiger partial charge in [-0.2, -0.15) is 5.10 Å². The zero-order valence-electron chi connectivity index (χ0n) is 14.8. The minimum Gasteiger partial charge on any atom is -0.453 e. The molecule has 0 aliphatic carbocycles. The molecule has 1 aromatic heterocycles. The molecule has 0 saturated heterocycles. The summed E-state index contributed by atoms with van der Waals surface area (Å²) in [5.41, 5.74) is 2.55. The zero-order chi connectivity index (χ0) is 18.6. The molecule has 1 N–H and O–H groups in total. The van der Waals surface area contributed by atoms with Crippen molar-refractivity contribution >= 4 is 17.6 Å².